The van der Waals surface area contributed by atoms with Crippen LogP contribution >= 0.6 is 11.6 Å². The maximum Gasteiger partial charge on any atom is 0.333 e. The molecular weight excluding hydrogens is 362 g/mol. The van der Waals surface area contributed by atoms with Crippen molar-refractivity contribution in [1.82, 2.24) is 5.32 Å². The van der Waals surface area contributed by atoms with Crippen LogP contribution in [0.4, 0.5) is 16.2 Å². The number of benzene rings is 2. The summed E-state index contributed by atoms with van der Waals surface area (Å²) >= 11 is 5.99. The van der Waals surface area contributed by atoms with Crippen molar-refractivity contribution in [3.63, 3.8) is 0 Å². The highest BCUT2D eigenvalue weighted by Crippen LogP contribution is 2.27. The van der Waals surface area contributed by atoms with E-state index in [2.05, 4.69) is 22.3 Å². The van der Waals surface area contributed by atoms with E-state index in [0.717, 1.165) is 29.1 Å². The van der Waals surface area contributed by atoms with Crippen LogP contribution in [-0.2, 0) is 4.79 Å². The van der Waals surface area contributed by atoms with Crippen LogP contribution in [0.5, 0.6) is 0 Å². The number of nitrogens with one attached hydrogen (secondary N) is 1. The first-order valence-corrected chi connectivity index (χ1v) is 9.39. The van der Waals surface area contributed by atoms with Crippen molar-refractivity contribution in [3.8, 4) is 0 Å². The summed E-state index contributed by atoms with van der Waals surface area (Å²) in [5, 5.41) is 3.13. The molecule has 0 saturated carbocycles. The molecule has 0 aliphatic carbocycles. The first-order chi connectivity index (χ1) is 13.0. The number of imide groups is 1. The predicted octanol–water partition coefficient (Wildman–Crippen LogP) is 4.35. The van der Waals surface area contributed by atoms with Crippen LogP contribution in [0.15, 0.2) is 48.2 Å². The van der Waals surface area contributed by atoms with Gasteiger partial charge in [-0.2, -0.15) is 0 Å². The fourth-order valence-corrected chi connectivity index (χ4v) is 3.72. The summed E-state index contributed by atoms with van der Waals surface area (Å²) in [7, 11) is 0. The number of hydrogen-bond acceptors (Lipinski definition) is 3. The minimum absolute atomic E-state index is 0.261. The molecule has 2 saturated heterocycles. The Balaban J connectivity index is 1.61. The average molecular weight is 382 g/mol. The summed E-state index contributed by atoms with van der Waals surface area (Å²) in [6, 6.07) is 12.4. The Morgan fingerprint density at radius 3 is 2.52 bits per heavy atom. The number of nitrogens with zero attached hydrogens (tertiary/aromatic N) is 2. The van der Waals surface area contributed by atoms with E-state index in [4.69, 9.17) is 11.6 Å². The average Bonchev–Trinajstić information content (AvgIpc) is 3.26. The van der Waals surface area contributed by atoms with E-state index in [1.165, 1.54) is 18.5 Å². The third kappa shape index (κ3) is 3.43. The second kappa shape index (κ2) is 7.08. The highest BCUT2D eigenvalue weighted by molar-refractivity contribution is 6.32. The van der Waals surface area contributed by atoms with Gasteiger partial charge in [0.1, 0.15) is 5.70 Å². The molecule has 6 heteroatoms. The maximum atomic E-state index is 12.7. The molecule has 5 nitrogen and oxygen atoms in total. The van der Waals surface area contributed by atoms with Gasteiger partial charge in [0.15, 0.2) is 0 Å². The number of rotatable bonds is 3. The van der Waals surface area contributed by atoms with E-state index in [0.29, 0.717) is 10.7 Å². The van der Waals surface area contributed by atoms with Gasteiger partial charge in [-0.25, -0.2) is 9.69 Å². The van der Waals surface area contributed by atoms with Crippen LogP contribution in [0.3, 0.4) is 0 Å². The number of carbonyl (C=O) groups excluding carboxylic acids is 2. The van der Waals surface area contributed by atoms with E-state index in [1.807, 2.05) is 13.0 Å². The highest BCUT2D eigenvalue weighted by Gasteiger charge is 2.35. The predicted molar refractivity (Wildman–Crippen MR) is 108 cm³/mol. The third-order valence-corrected chi connectivity index (χ3v) is 5.20. The highest BCUT2D eigenvalue weighted by atomic mass is 35.5. The Hall–Kier alpha value is -2.79. The lowest BCUT2D eigenvalue weighted by atomic mass is 10.1. The van der Waals surface area contributed by atoms with Crippen LogP contribution in [-0.4, -0.2) is 25.0 Å². The molecule has 4 rings (SSSR count). The molecule has 0 radical (unpaired) electrons. The zero-order valence-corrected chi connectivity index (χ0v) is 15.8. The molecule has 2 aromatic rings. The molecular formula is C21H20ClN3O2. The van der Waals surface area contributed by atoms with E-state index in [9.17, 15) is 9.59 Å². The second-order valence-corrected chi connectivity index (χ2v) is 7.28. The number of amides is 3. The summed E-state index contributed by atoms with van der Waals surface area (Å²) < 4.78 is 0. The number of urea groups is 1. The molecule has 138 valence electrons. The molecule has 0 aromatic heterocycles. The largest absolute Gasteiger partial charge is 0.372 e. The van der Waals surface area contributed by atoms with Crippen molar-refractivity contribution >= 4 is 41.0 Å². The number of anilines is 2. The molecule has 0 atom stereocenters. The smallest absolute Gasteiger partial charge is 0.333 e. The molecule has 0 spiro atoms. The maximum absolute atomic E-state index is 12.7. The first-order valence-electron chi connectivity index (χ1n) is 9.01. The first kappa shape index (κ1) is 17.6. The molecule has 2 fully saturated rings. The van der Waals surface area contributed by atoms with Gasteiger partial charge in [-0.05, 0) is 67.3 Å². The van der Waals surface area contributed by atoms with Gasteiger partial charge in [-0.1, -0.05) is 23.7 Å². The topological polar surface area (TPSA) is 52.7 Å². The molecule has 2 heterocycles. The number of hydrogen-bond donors (Lipinski definition) is 1. The van der Waals surface area contributed by atoms with Gasteiger partial charge >= 0.3 is 6.03 Å². The van der Waals surface area contributed by atoms with E-state index >= 15 is 0 Å². The fourth-order valence-electron chi connectivity index (χ4n) is 3.53. The summed E-state index contributed by atoms with van der Waals surface area (Å²) in [5.74, 6) is -0.384. The van der Waals surface area contributed by atoms with Gasteiger partial charge in [0.25, 0.3) is 5.91 Å². The van der Waals surface area contributed by atoms with E-state index in [1.54, 1.807) is 30.3 Å². The minimum atomic E-state index is -0.472. The van der Waals surface area contributed by atoms with Crippen LogP contribution in [0, 0.1) is 6.92 Å². The Kier molecular flexibility index (Phi) is 4.62. The van der Waals surface area contributed by atoms with Gasteiger partial charge in [-0.15, -0.1) is 0 Å². The second-order valence-electron chi connectivity index (χ2n) is 6.84. The van der Waals surface area contributed by atoms with Gasteiger partial charge in [0.2, 0.25) is 0 Å². The fraction of sp³-hybridized carbons (Fsp3) is 0.238. The van der Waals surface area contributed by atoms with Crippen molar-refractivity contribution in [2.45, 2.75) is 19.8 Å². The SMILES string of the molecule is Cc1cc(N2CCCC2)ccc1C=C1NC(=O)N(c2cccc(Cl)c2)C1=O. The quantitative estimate of drug-likeness (QED) is 0.635. The number of halogens is 1. The van der Waals surface area contributed by atoms with Crippen LogP contribution in [0.25, 0.3) is 6.08 Å². The zero-order valence-electron chi connectivity index (χ0n) is 15.0. The minimum Gasteiger partial charge on any atom is -0.372 e. The molecule has 0 bridgehead atoms. The van der Waals surface area contributed by atoms with Crippen molar-refractivity contribution in [2.24, 2.45) is 0 Å². The monoisotopic (exact) mass is 381 g/mol. The molecule has 2 aromatic carbocycles. The molecule has 27 heavy (non-hydrogen) atoms. The van der Waals surface area contributed by atoms with Crippen molar-refractivity contribution < 1.29 is 9.59 Å². The summed E-state index contributed by atoms with van der Waals surface area (Å²) in [5.41, 5.74) is 3.89. The van der Waals surface area contributed by atoms with Crippen molar-refractivity contribution in [2.75, 3.05) is 22.9 Å². The molecule has 0 unspecified atom stereocenters. The molecule has 3 amide bonds. The lowest BCUT2D eigenvalue weighted by molar-refractivity contribution is -0.113. The Morgan fingerprint density at radius 2 is 1.81 bits per heavy atom. The number of carbonyl (C=O) groups is 2. The van der Waals surface area contributed by atoms with E-state index < -0.39 is 6.03 Å². The van der Waals surface area contributed by atoms with Gasteiger partial charge in [-0.3, -0.25) is 4.79 Å². The molecule has 1 N–H and O–H groups in total. The summed E-state index contributed by atoms with van der Waals surface area (Å²) in [4.78, 5) is 28.5. The zero-order chi connectivity index (χ0) is 19.0. The molecule has 2 aliphatic rings. The van der Waals surface area contributed by atoms with E-state index in [-0.39, 0.29) is 11.6 Å². The normalized spacial score (nSPS) is 18.5. The molecule has 2 aliphatic heterocycles. The third-order valence-electron chi connectivity index (χ3n) is 4.97. The van der Waals surface area contributed by atoms with Gasteiger partial charge < -0.3 is 10.2 Å². The summed E-state index contributed by atoms with van der Waals surface area (Å²) in [6.07, 6.45) is 4.18. The Labute approximate surface area is 163 Å². The Bertz CT molecular complexity index is 948. The van der Waals surface area contributed by atoms with Crippen LogP contribution in [0.2, 0.25) is 5.02 Å². The van der Waals surface area contributed by atoms with Crippen molar-refractivity contribution in [1.29, 1.82) is 0 Å². The van der Waals surface area contributed by atoms with Crippen LogP contribution in [0.1, 0.15) is 24.0 Å². The van der Waals surface area contributed by atoms with Crippen molar-refractivity contribution in [3.05, 3.63) is 64.3 Å². The van der Waals surface area contributed by atoms with Gasteiger partial charge in [0.05, 0.1) is 5.69 Å². The standard InChI is InChI=1S/C21H20ClN3O2/c1-14-11-17(24-9-2-3-10-24)8-7-15(14)12-19-20(26)25(21(27)23-19)18-6-4-5-16(22)13-18/h4-8,11-13H,2-3,9-10H2,1H3,(H,23,27). The van der Waals surface area contributed by atoms with Crippen LogP contribution < -0.4 is 15.1 Å². The van der Waals surface area contributed by atoms with Gasteiger partial charge in [0, 0.05) is 23.8 Å². The summed E-state index contributed by atoms with van der Waals surface area (Å²) in [6.45, 7) is 4.19. The number of aryl methyl sites for hydroxylation is 1. The Morgan fingerprint density at radius 1 is 1.04 bits per heavy atom. The lowest BCUT2D eigenvalue weighted by Gasteiger charge is -2.18. The lowest BCUT2D eigenvalue weighted by Crippen LogP contribution is -2.30.